The summed E-state index contributed by atoms with van der Waals surface area (Å²) in [5, 5.41) is 4.48. The average molecular weight is 404 g/mol. The van der Waals surface area contributed by atoms with Crippen LogP contribution >= 0.6 is 27.5 Å². The summed E-state index contributed by atoms with van der Waals surface area (Å²) in [5.41, 5.74) is 3.88. The van der Waals surface area contributed by atoms with E-state index in [2.05, 4.69) is 26.5 Å². The molecule has 3 rings (SSSR count). The number of furan rings is 1. The van der Waals surface area contributed by atoms with E-state index in [1.54, 1.807) is 30.3 Å². The van der Waals surface area contributed by atoms with Gasteiger partial charge in [-0.15, -0.1) is 0 Å². The van der Waals surface area contributed by atoms with Crippen molar-refractivity contribution in [1.82, 2.24) is 5.43 Å². The van der Waals surface area contributed by atoms with Crippen molar-refractivity contribution in [2.45, 2.75) is 0 Å². The molecule has 0 saturated heterocycles. The Labute approximate surface area is 152 Å². The van der Waals surface area contributed by atoms with E-state index in [-0.39, 0.29) is 5.91 Å². The summed E-state index contributed by atoms with van der Waals surface area (Å²) < 4.78 is 6.68. The Balaban J connectivity index is 1.64. The number of amides is 1. The molecule has 0 aliphatic rings. The van der Waals surface area contributed by atoms with E-state index >= 15 is 0 Å². The largest absolute Gasteiger partial charge is 0.455 e. The molecule has 0 aliphatic heterocycles. The van der Waals surface area contributed by atoms with Crippen LogP contribution in [0, 0.1) is 0 Å². The van der Waals surface area contributed by atoms with Crippen molar-refractivity contribution in [3.63, 3.8) is 0 Å². The maximum absolute atomic E-state index is 11.9. The van der Waals surface area contributed by atoms with E-state index in [0.717, 1.165) is 15.8 Å². The number of hydrazone groups is 1. The van der Waals surface area contributed by atoms with Crippen LogP contribution in [0.3, 0.4) is 0 Å². The summed E-state index contributed by atoms with van der Waals surface area (Å²) in [6.45, 7) is 0. The van der Waals surface area contributed by atoms with E-state index in [4.69, 9.17) is 16.0 Å². The molecule has 120 valence electrons. The van der Waals surface area contributed by atoms with Gasteiger partial charge < -0.3 is 4.42 Å². The zero-order valence-corrected chi connectivity index (χ0v) is 14.7. The molecular weight excluding hydrogens is 392 g/mol. The number of nitrogens with zero attached hydrogens (tertiary/aromatic N) is 1. The topological polar surface area (TPSA) is 54.6 Å². The Morgan fingerprint density at radius 3 is 2.46 bits per heavy atom. The van der Waals surface area contributed by atoms with Crippen molar-refractivity contribution in [3.8, 4) is 11.3 Å². The lowest BCUT2D eigenvalue weighted by atomic mass is 10.2. The van der Waals surface area contributed by atoms with Gasteiger partial charge in [-0.25, -0.2) is 5.43 Å². The second-order valence-corrected chi connectivity index (χ2v) is 6.27. The molecule has 1 aromatic heterocycles. The van der Waals surface area contributed by atoms with Crippen LogP contribution in [0.2, 0.25) is 5.02 Å². The Kier molecular flexibility index (Phi) is 5.13. The maximum atomic E-state index is 11.9. The second kappa shape index (κ2) is 7.47. The number of halogens is 2. The first-order valence-electron chi connectivity index (χ1n) is 7.06. The van der Waals surface area contributed by atoms with Crippen LogP contribution in [-0.4, -0.2) is 12.1 Å². The first-order chi connectivity index (χ1) is 11.6. The van der Waals surface area contributed by atoms with Crippen LogP contribution in [0.25, 0.3) is 11.3 Å². The SMILES string of the molecule is O=C(N/N=C\c1ccc(-c2ccc(Br)cc2)o1)c1ccc(Cl)cc1. The Morgan fingerprint density at radius 2 is 1.75 bits per heavy atom. The standard InChI is InChI=1S/C18H12BrClN2O2/c19-14-5-1-12(2-6-14)17-10-9-16(24-17)11-21-22-18(23)13-3-7-15(20)8-4-13/h1-11H,(H,22,23)/b21-11-. The molecule has 24 heavy (non-hydrogen) atoms. The van der Waals surface area contributed by atoms with Crippen LogP contribution in [0.4, 0.5) is 0 Å². The molecule has 3 aromatic rings. The zero-order valence-electron chi connectivity index (χ0n) is 12.4. The summed E-state index contributed by atoms with van der Waals surface area (Å²) in [7, 11) is 0. The highest BCUT2D eigenvalue weighted by Crippen LogP contribution is 2.23. The summed E-state index contributed by atoms with van der Waals surface area (Å²) in [4.78, 5) is 11.9. The van der Waals surface area contributed by atoms with Crippen molar-refractivity contribution in [2.24, 2.45) is 5.10 Å². The number of benzene rings is 2. The van der Waals surface area contributed by atoms with Gasteiger partial charge in [0.2, 0.25) is 0 Å². The minimum Gasteiger partial charge on any atom is -0.455 e. The van der Waals surface area contributed by atoms with Crippen LogP contribution < -0.4 is 5.43 Å². The van der Waals surface area contributed by atoms with Gasteiger partial charge in [0.05, 0.1) is 6.21 Å². The second-order valence-electron chi connectivity index (χ2n) is 4.91. The van der Waals surface area contributed by atoms with E-state index in [9.17, 15) is 4.79 Å². The van der Waals surface area contributed by atoms with Gasteiger partial charge in [-0.2, -0.15) is 5.10 Å². The normalized spacial score (nSPS) is 10.9. The lowest BCUT2D eigenvalue weighted by Gasteiger charge is -1.99. The molecule has 0 bridgehead atoms. The number of hydrogen-bond donors (Lipinski definition) is 1. The summed E-state index contributed by atoms with van der Waals surface area (Å²) >= 11 is 9.18. The van der Waals surface area contributed by atoms with Crippen LogP contribution in [0.1, 0.15) is 16.1 Å². The van der Waals surface area contributed by atoms with Gasteiger partial charge in [-0.05, 0) is 48.5 Å². The highest BCUT2D eigenvalue weighted by Gasteiger charge is 2.05. The first kappa shape index (κ1) is 16.5. The Bertz CT molecular complexity index is 871. The third-order valence-electron chi connectivity index (χ3n) is 3.22. The van der Waals surface area contributed by atoms with Crippen LogP contribution in [0.5, 0.6) is 0 Å². The molecule has 0 unspecified atom stereocenters. The number of carbonyl (C=O) groups excluding carboxylic acids is 1. The van der Waals surface area contributed by atoms with Gasteiger partial charge in [0, 0.05) is 20.6 Å². The summed E-state index contributed by atoms with van der Waals surface area (Å²) in [6, 6.07) is 18.0. The number of rotatable bonds is 4. The van der Waals surface area contributed by atoms with Crippen molar-refractivity contribution in [1.29, 1.82) is 0 Å². The molecule has 1 heterocycles. The van der Waals surface area contributed by atoms with E-state index in [0.29, 0.717) is 16.3 Å². The van der Waals surface area contributed by atoms with E-state index < -0.39 is 0 Å². The third-order valence-corrected chi connectivity index (χ3v) is 4.00. The molecule has 1 N–H and O–H groups in total. The number of hydrogen-bond acceptors (Lipinski definition) is 3. The fraction of sp³-hybridized carbons (Fsp3) is 0. The first-order valence-corrected chi connectivity index (χ1v) is 8.24. The van der Waals surface area contributed by atoms with Crippen molar-refractivity contribution in [3.05, 3.63) is 81.5 Å². The predicted molar refractivity (Wildman–Crippen MR) is 98.4 cm³/mol. The van der Waals surface area contributed by atoms with Gasteiger partial charge in [0.1, 0.15) is 11.5 Å². The summed E-state index contributed by atoms with van der Waals surface area (Å²) in [6.07, 6.45) is 1.45. The van der Waals surface area contributed by atoms with Crippen molar-refractivity contribution < 1.29 is 9.21 Å². The monoisotopic (exact) mass is 402 g/mol. The Morgan fingerprint density at radius 1 is 1.04 bits per heavy atom. The molecule has 4 nitrogen and oxygen atoms in total. The van der Waals surface area contributed by atoms with Gasteiger partial charge in [-0.1, -0.05) is 39.7 Å². The molecular formula is C18H12BrClN2O2. The number of carbonyl (C=O) groups is 1. The van der Waals surface area contributed by atoms with Gasteiger partial charge in [-0.3, -0.25) is 4.79 Å². The third kappa shape index (κ3) is 4.13. The minimum atomic E-state index is -0.317. The molecule has 0 aliphatic carbocycles. The predicted octanol–water partition coefficient (Wildman–Crippen LogP) is 5.13. The van der Waals surface area contributed by atoms with E-state index in [1.165, 1.54) is 6.21 Å². The fourth-order valence-electron chi connectivity index (χ4n) is 2.01. The molecule has 6 heteroatoms. The molecule has 0 atom stereocenters. The highest BCUT2D eigenvalue weighted by atomic mass is 79.9. The van der Waals surface area contributed by atoms with Crippen molar-refractivity contribution in [2.75, 3.05) is 0 Å². The Hall–Kier alpha value is -2.37. The van der Waals surface area contributed by atoms with Gasteiger partial charge in [0.25, 0.3) is 5.91 Å². The van der Waals surface area contributed by atoms with Crippen LogP contribution in [0.15, 0.2) is 74.7 Å². The van der Waals surface area contributed by atoms with Crippen molar-refractivity contribution >= 4 is 39.7 Å². The molecule has 0 saturated carbocycles. The lowest BCUT2D eigenvalue weighted by molar-refractivity contribution is 0.0955. The zero-order chi connectivity index (χ0) is 16.9. The van der Waals surface area contributed by atoms with Gasteiger partial charge in [0.15, 0.2) is 0 Å². The quantitative estimate of drug-likeness (QED) is 0.485. The van der Waals surface area contributed by atoms with Gasteiger partial charge >= 0.3 is 0 Å². The average Bonchev–Trinajstić information content (AvgIpc) is 3.05. The maximum Gasteiger partial charge on any atom is 0.271 e. The number of nitrogens with one attached hydrogen (secondary N) is 1. The molecule has 2 aromatic carbocycles. The smallest absolute Gasteiger partial charge is 0.271 e. The molecule has 0 radical (unpaired) electrons. The molecule has 0 fully saturated rings. The van der Waals surface area contributed by atoms with Crippen LogP contribution in [-0.2, 0) is 0 Å². The lowest BCUT2D eigenvalue weighted by Crippen LogP contribution is -2.17. The highest BCUT2D eigenvalue weighted by molar-refractivity contribution is 9.10. The summed E-state index contributed by atoms with van der Waals surface area (Å²) in [5.74, 6) is 0.958. The fourth-order valence-corrected chi connectivity index (χ4v) is 2.40. The molecule has 1 amide bonds. The van der Waals surface area contributed by atoms with E-state index in [1.807, 2.05) is 30.3 Å². The minimum absolute atomic E-state index is 0.317. The molecule has 0 spiro atoms.